The molecule has 83 valence electrons. The first-order chi connectivity index (χ1) is 8.15. The minimum Gasteiger partial charge on any atom is -0.544 e. The second kappa shape index (κ2) is 3.59. The van der Waals surface area contributed by atoms with Gasteiger partial charge in [0.2, 0.25) is 0 Å². The molecule has 8 heteroatoms. The summed E-state index contributed by atoms with van der Waals surface area (Å²) in [5.74, 6) is 0.0873. The largest absolute Gasteiger partial charge is 0.544 e. The molecule has 2 saturated heterocycles. The zero-order valence-corrected chi connectivity index (χ0v) is 8.95. The fraction of sp³-hybridized carbons (Fsp3) is 0.222. The minimum atomic E-state index is -0.999. The Kier molecular flexibility index (Phi) is 2.19. The monoisotopic (exact) mass is 229 g/mol. The second-order valence-electron chi connectivity index (χ2n) is 3.89. The number of carboxylic acids is 1. The number of pyridine rings is 1. The number of nitrogens with zero attached hydrogens (tertiary/aromatic N) is 2. The third-order valence-electron chi connectivity index (χ3n) is 2.54. The van der Waals surface area contributed by atoms with E-state index in [1.165, 1.54) is 12.3 Å². The number of aliphatic imine (C=N–C) groups is 1. The van der Waals surface area contributed by atoms with Gasteiger partial charge in [0.25, 0.3) is 0 Å². The Morgan fingerprint density at radius 2 is 2.47 bits per heavy atom. The maximum Gasteiger partial charge on any atom is 0.474 e. The highest BCUT2D eigenvalue weighted by molar-refractivity contribution is 7.04. The predicted octanol–water partition coefficient (Wildman–Crippen LogP) is 0.194. The highest BCUT2D eigenvalue weighted by Gasteiger charge is 2.57. The molecule has 2 fully saturated rings. The molecular weight excluding hydrogens is 222 g/mol. The van der Waals surface area contributed by atoms with Crippen molar-refractivity contribution in [1.82, 2.24) is 4.98 Å². The molecule has 0 spiro atoms. The van der Waals surface area contributed by atoms with E-state index in [2.05, 4.69) is 9.98 Å². The maximum atomic E-state index is 10.7. The lowest BCUT2D eigenvalue weighted by Gasteiger charge is -1.99. The van der Waals surface area contributed by atoms with E-state index in [-0.39, 0.29) is 18.4 Å². The van der Waals surface area contributed by atoms with Crippen molar-refractivity contribution in [3.05, 3.63) is 23.4 Å². The van der Waals surface area contributed by atoms with Gasteiger partial charge in [0.05, 0.1) is 11.5 Å². The number of carboxylic acid groups (broad SMARTS) is 1. The molecule has 0 aromatic carbocycles. The highest BCUT2D eigenvalue weighted by atomic mass is 16.6. The quantitative estimate of drug-likeness (QED) is 0.590. The normalized spacial score (nSPS) is 23.0. The Bertz CT molecular complexity index is 530. The van der Waals surface area contributed by atoms with Crippen molar-refractivity contribution in [1.29, 1.82) is 0 Å². The molecule has 0 amide bonds. The van der Waals surface area contributed by atoms with Crippen LogP contribution in [0.15, 0.2) is 17.3 Å². The molecule has 6 nitrogen and oxygen atoms in total. The lowest BCUT2D eigenvalue weighted by atomic mass is 9.65. The van der Waals surface area contributed by atoms with Crippen LogP contribution in [0.2, 0.25) is 0 Å². The number of carbonyl (C=O) groups is 1. The smallest absolute Gasteiger partial charge is 0.474 e. The number of aryl methyl sites for hydroxylation is 1. The Labute approximate surface area is 98.1 Å². The van der Waals surface area contributed by atoms with E-state index in [0.717, 1.165) is 0 Å². The lowest BCUT2D eigenvalue weighted by Crippen LogP contribution is -2.04. The van der Waals surface area contributed by atoms with Crippen molar-refractivity contribution in [2.45, 2.75) is 12.8 Å². The molecular formula is C9H7B2N2O4. The third-order valence-corrected chi connectivity index (χ3v) is 2.54. The SMILES string of the molecule is Cc1cc(C(=O)O)cnc1N=C1OB1C1[B]O1. The van der Waals surface area contributed by atoms with Crippen LogP contribution >= 0.6 is 0 Å². The van der Waals surface area contributed by atoms with Gasteiger partial charge in [-0.1, -0.05) is 0 Å². The minimum absolute atomic E-state index is 0.0207. The molecule has 1 radical (unpaired) electrons. The lowest BCUT2D eigenvalue weighted by molar-refractivity contribution is 0.0696. The molecule has 0 saturated carbocycles. The summed E-state index contributed by atoms with van der Waals surface area (Å²) in [4.78, 5) is 18.9. The van der Waals surface area contributed by atoms with Crippen LogP contribution in [0.4, 0.5) is 5.82 Å². The van der Waals surface area contributed by atoms with Gasteiger partial charge in [-0.2, -0.15) is 0 Å². The number of rotatable bonds is 3. The summed E-state index contributed by atoms with van der Waals surface area (Å²) in [6.07, 6.45) is 1.28. The zero-order valence-electron chi connectivity index (χ0n) is 8.95. The summed E-state index contributed by atoms with van der Waals surface area (Å²) in [5, 5.41) is 8.80. The van der Waals surface area contributed by atoms with Crippen LogP contribution in [0.25, 0.3) is 0 Å². The van der Waals surface area contributed by atoms with Gasteiger partial charge in [0, 0.05) is 6.20 Å². The van der Waals surface area contributed by atoms with Crippen LogP contribution in [-0.2, 0) is 9.31 Å². The molecule has 3 rings (SSSR count). The Morgan fingerprint density at radius 1 is 1.71 bits per heavy atom. The van der Waals surface area contributed by atoms with Crippen LogP contribution in [0, 0.1) is 6.92 Å². The molecule has 2 aliphatic rings. The fourth-order valence-corrected chi connectivity index (χ4v) is 1.49. The van der Waals surface area contributed by atoms with Crippen molar-refractivity contribution in [3.8, 4) is 0 Å². The molecule has 17 heavy (non-hydrogen) atoms. The summed E-state index contributed by atoms with van der Waals surface area (Å²) in [5.41, 5.74) is 0.853. The van der Waals surface area contributed by atoms with E-state index in [4.69, 9.17) is 14.4 Å². The van der Waals surface area contributed by atoms with E-state index in [9.17, 15) is 4.79 Å². The molecule has 3 heterocycles. The van der Waals surface area contributed by atoms with Gasteiger partial charge in [-0.25, -0.2) is 14.8 Å². The number of hydrogen-bond acceptors (Lipinski definition) is 5. The van der Waals surface area contributed by atoms with Crippen LogP contribution in [0.1, 0.15) is 15.9 Å². The van der Waals surface area contributed by atoms with Gasteiger partial charge in [-0.05, 0) is 18.6 Å². The van der Waals surface area contributed by atoms with Crippen LogP contribution in [0.3, 0.4) is 0 Å². The van der Waals surface area contributed by atoms with Crippen molar-refractivity contribution >= 4 is 32.0 Å². The van der Waals surface area contributed by atoms with Crippen molar-refractivity contribution in [3.63, 3.8) is 0 Å². The average molecular weight is 229 g/mol. The topological polar surface area (TPSA) is 87.6 Å². The summed E-state index contributed by atoms with van der Waals surface area (Å²) in [6.45, 7) is 1.67. The van der Waals surface area contributed by atoms with Gasteiger partial charge < -0.3 is 14.4 Å². The Balaban J connectivity index is 1.82. The second-order valence-corrected chi connectivity index (χ2v) is 3.89. The van der Waals surface area contributed by atoms with Crippen molar-refractivity contribution in [2.24, 2.45) is 4.99 Å². The third kappa shape index (κ3) is 2.03. The average Bonchev–Trinajstić information content (AvgIpc) is 3.12. The molecule has 0 aliphatic carbocycles. The van der Waals surface area contributed by atoms with Crippen molar-refractivity contribution < 1.29 is 19.2 Å². The molecule has 1 aromatic rings. The van der Waals surface area contributed by atoms with E-state index in [1.54, 1.807) is 14.4 Å². The van der Waals surface area contributed by atoms with E-state index < -0.39 is 5.97 Å². The van der Waals surface area contributed by atoms with Gasteiger partial charge in [0.15, 0.2) is 11.6 Å². The fourth-order valence-electron chi connectivity index (χ4n) is 1.49. The first kappa shape index (κ1) is 10.3. The van der Waals surface area contributed by atoms with Crippen molar-refractivity contribution in [2.75, 3.05) is 0 Å². The predicted molar refractivity (Wildman–Crippen MR) is 60.5 cm³/mol. The van der Waals surface area contributed by atoms with Gasteiger partial charge in [-0.3, -0.25) is 0 Å². The number of hydrogen-bond donors (Lipinski definition) is 1. The van der Waals surface area contributed by atoms with Gasteiger partial charge in [-0.15, -0.1) is 0 Å². The summed E-state index contributed by atoms with van der Waals surface area (Å²) >= 11 is 0. The molecule has 1 N–H and O–H groups in total. The van der Waals surface area contributed by atoms with Crippen LogP contribution < -0.4 is 0 Å². The van der Waals surface area contributed by atoms with Gasteiger partial charge in [0.1, 0.15) is 0 Å². The first-order valence-corrected chi connectivity index (χ1v) is 5.09. The maximum absolute atomic E-state index is 10.7. The molecule has 1 aromatic heterocycles. The summed E-state index contributed by atoms with van der Waals surface area (Å²) in [7, 11) is 1.68. The number of aromatic carboxylic acids is 1. The molecule has 2 aliphatic heterocycles. The molecule has 1 atom stereocenters. The molecule has 1 unspecified atom stereocenters. The van der Waals surface area contributed by atoms with E-state index in [1.807, 2.05) is 0 Å². The first-order valence-electron chi connectivity index (χ1n) is 5.09. The zero-order chi connectivity index (χ0) is 12.0. The van der Waals surface area contributed by atoms with E-state index >= 15 is 0 Å². The summed E-state index contributed by atoms with van der Waals surface area (Å²) in [6, 6.07) is 1.53. The molecule has 0 bridgehead atoms. The van der Waals surface area contributed by atoms with Crippen LogP contribution in [0.5, 0.6) is 0 Å². The Hall–Kier alpha value is -1.82. The van der Waals surface area contributed by atoms with Gasteiger partial charge >= 0.3 is 20.4 Å². The van der Waals surface area contributed by atoms with E-state index in [0.29, 0.717) is 17.2 Å². The Morgan fingerprint density at radius 3 is 3.06 bits per heavy atom. The number of aromatic nitrogens is 1. The standard InChI is InChI=1S/C9H7B2N2O4/c1-4-2-5(7(14)15)3-12-6(4)13-9-11(17-9)8-10-16-8/h2-3,8H,1H3,(H,14,15). The van der Waals surface area contributed by atoms with Crippen LogP contribution in [-0.4, -0.2) is 42.2 Å². The highest BCUT2D eigenvalue weighted by Crippen LogP contribution is 2.26. The summed E-state index contributed by atoms with van der Waals surface area (Å²) < 4.78 is 10.2.